The smallest absolute Gasteiger partial charge is 0.0482 e. The lowest BCUT2D eigenvalue weighted by Gasteiger charge is -2.16. The molecule has 1 atom stereocenters. The number of nitrogens with zero attached hydrogens (tertiary/aromatic N) is 1. The van der Waals surface area contributed by atoms with E-state index >= 15 is 0 Å². The fourth-order valence-electron chi connectivity index (χ4n) is 3.21. The Balaban J connectivity index is 2.09. The van der Waals surface area contributed by atoms with Gasteiger partial charge in [0.1, 0.15) is 0 Å². The van der Waals surface area contributed by atoms with Gasteiger partial charge >= 0.3 is 0 Å². The van der Waals surface area contributed by atoms with Crippen molar-refractivity contribution in [1.29, 1.82) is 0 Å². The van der Waals surface area contributed by atoms with Crippen molar-refractivity contribution < 1.29 is 0 Å². The summed E-state index contributed by atoms with van der Waals surface area (Å²) in [7, 11) is 2.14. The summed E-state index contributed by atoms with van der Waals surface area (Å²) in [5, 5.41) is 3.52. The van der Waals surface area contributed by atoms with Crippen LogP contribution >= 0.6 is 11.3 Å². The summed E-state index contributed by atoms with van der Waals surface area (Å²) in [5.41, 5.74) is 11.6. The van der Waals surface area contributed by atoms with Crippen molar-refractivity contribution in [2.75, 3.05) is 6.54 Å². The summed E-state index contributed by atoms with van der Waals surface area (Å²) in [4.78, 5) is 1.46. The molecule has 2 heterocycles. The second-order valence-electron chi connectivity index (χ2n) is 5.74. The zero-order valence-electron chi connectivity index (χ0n) is 12.9. The van der Waals surface area contributed by atoms with Gasteiger partial charge in [0.05, 0.1) is 0 Å². The standard InChI is InChI=1S/C18H22N2S/c1-12-8-9-21-17(12)10-14(11-19)18-13(2)20(3)16-7-5-4-6-15(16)18/h4-9,14H,10-11,19H2,1-3H3. The van der Waals surface area contributed by atoms with Crippen molar-refractivity contribution in [3.8, 4) is 0 Å². The topological polar surface area (TPSA) is 30.9 Å². The van der Waals surface area contributed by atoms with E-state index in [1.165, 1.54) is 32.6 Å². The largest absolute Gasteiger partial charge is 0.348 e. The van der Waals surface area contributed by atoms with Crippen LogP contribution in [0, 0.1) is 13.8 Å². The Hall–Kier alpha value is -1.58. The number of fused-ring (bicyclic) bond motifs is 1. The Labute approximate surface area is 130 Å². The minimum absolute atomic E-state index is 0.383. The summed E-state index contributed by atoms with van der Waals surface area (Å²) in [6, 6.07) is 10.8. The zero-order chi connectivity index (χ0) is 15.0. The van der Waals surface area contributed by atoms with Gasteiger partial charge in [0.15, 0.2) is 0 Å². The molecular formula is C18H22N2S. The molecule has 0 amide bonds. The highest BCUT2D eigenvalue weighted by Gasteiger charge is 2.20. The molecule has 0 spiro atoms. The predicted octanol–water partition coefficient (Wildman–Crippen LogP) is 4.14. The Bertz CT molecular complexity index is 767. The molecule has 0 fully saturated rings. The Morgan fingerprint density at radius 2 is 1.95 bits per heavy atom. The van der Waals surface area contributed by atoms with E-state index in [4.69, 9.17) is 5.73 Å². The summed E-state index contributed by atoms with van der Waals surface area (Å²) in [6.07, 6.45) is 1.04. The van der Waals surface area contributed by atoms with Crippen LogP contribution in [0.5, 0.6) is 0 Å². The molecule has 3 rings (SSSR count). The number of hydrogen-bond donors (Lipinski definition) is 1. The molecule has 3 heteroatoms. The van der Waals surface area contributed by atoms with Gasteiger partial charge in [-0.15, -0.1) is 11.3 Å². The Morgan fingerprint density at radius 3 is 2.62 bits per heavy atom. The van der Waals surface area contributed by atoms with Crippen molar-refractivity contribution in [3.63, 3.8) is 0 Å². The quantitative estimate of drug-likeness (QED) is 0.771. The fourth-order valence-corrected chi connectivity index (χ4v) is 4.19. The molecule has 0 bridgehead atoms. The van der Waals surface area contributed by atoms with Gasteiger partial charge in [-0.05, 0) is 55.5 Å². The van der Waals surface area contributed by atoms with Crippen LogP contribution in [0.1, 0.15) is 27.6 Å². The lowest BCUT2D eigenvalue weighted by molar-refractivity contribution is 0.693. The van der Waals surface area contributed by atoms with Gasteiger partial charge in [0, 0.05) is 34.4 Å². The first kappa shape index (κ1) is 14.4. The van der Waals surface area contributed by atoms with Gasteiger partial charge in [-0.1, -0.05) is 18.2 Å². The molecule has 2 aromatic heterocycles. The molecular weight excluding hydrogens is 276 g/mol. The number of nitrogens with two attached hydrogens (primary N) is 1. The maximum Gasteiger partial charge on any atom is 0.0482 e. The highest BCUT2D eigenvalue weighted by molar-refractivity contribution is 7.10. The van der Waals surface area contributed by atoms with E-state index in [1.807, 2.05) is 11.3 Å². The molecule has 0 aliphatic carbocycles. The first-order valence-electron chi connectivity index (χ1n) is 7.40. The third-order valence-electron chi connectivity index (χ3n) is 4.54. The number of aryl methyl sites for hydroxylation is 2. The molecule has 21 heavy (non-hydrogen) atoms. The number of hydrogen-bond acceptors (Lipinski definition) is 2. The van der Waals surface area contributed by atoms with Gasteiger partial charge in [0.2, 0.25) is 0 Å². The zero-order valence-corrected chi connectivity index (χ0v) is 13.7. The van der Waals surface area contributed by atoms with E-state index < -0.39 is 0 Å². The van der Waals surface area contributed by atoms with E-state index in [2.05, 4.69) is 61.2 Å². The molecule has 0 saturated carbocycles. The molecule has 2 nitrogen and oxygen atoms in total. The number of benzene rings is 1. The first-order valence-corrected chi connectivity index (χ1v) is 8.28. The lowest BCUT2D eigenvalue weighted by Crippen LogP contribution is -2.16. The normalized spacial score (nSPS) is 13.0. The van der Waals surface area contributed by atoms with Gasteiger partial charge in [-0.3, -0.25) is 0 Å². The molecule has 1 unspecified atom stereocenters. The van der Waals surface area contributed by atoms with Crippen LogP contribution < -0.4 is 5.73 Å². The van der Waals surface area contributed by atoms with Gasteiger partial charge in [-0.2, -0.15) is 0 Å². The summed E-state index contributed by atoms with van der Waals surface area (Å²) < 4.78 is 2.29. The Morgan fingerprint density at radius 1 is 1.19 bits per heavy atom. The maximum atomic E-state index is 6.14. The highest BCUT2D eigenvalue weighted by atomic mass is 32.1. The summed E-state index contributed by atoms with van der Waals surface area (Å²) >= 11 is 1.84. The van der Waals surface area contributed by atoms with Crippen LogP contribution in [0.4, 0.5) is 0 Å². The average molecular weight is 298 g/mol. The minimum atomic E-state index is 0.383. The van der Waals surface area contributed by atoms with Crippen molar-refractivity contribution >= 4 is 22.2 Å². The second kappa shape index (κ2) is 5.66. The maximum absolute atomic E-state index is 6.14. The fraction of sp³-hybridized carbons (Fsp3) is 0.333. The molecule has 3 aromatic rings. The number of para-hydroxylation sites is 1. The van der Waals surface area contributed by atoms with E-state index in [1.54, 1.807) is 0 Å². The lowest BCUT2D eigenvalue weighted by atomic mass is 9.92. The number of thiophene rings is 1. The van der Waals surface area contributed by atoms with E-state index in [0.717, 1.165) is 6.42 Å². The van der Waals surface area contributed by atoms with Crippen LogP contribution in [0.2, 0.25) is 0 Å². The summed E-state index contributed by atoms with van der Waals surface area (Å²) in [6.45, 7) is 5.08. The molecule has 1 aromatic carbocycles. The van der Waals surface area contributed by atoms with Crippen LogP contribution in [0.25, 0.3) is 10.9 Å². The van der Waals surface area contributed by atoms with E-state index in [0.29, 0.717) is 12.5 Å². The van der Waals surface area contributed by atoms with Crippen molar-refractivity contribution in [3.05, 3.63) is 57.4 Å². The SMILES string of the molecule is Cc1ccsc1CC(CN)c1c(C)n(C)c2ccccc12. The average Bonchev–Trinajstić information content (AvgIpc) is 3.01. The minimum Gasteiger partial charge on any atom is -0.348 e. The molecule has 0 aliphatic rings. The van der Waals surface area contributed by atoms with E-state index in [-0.39, 0.29) is 0 Å². The van der Waals surface area contributed by atoms with E-state index in [9.17, 15) is 0 Å². The molecule has 0 aliphatic heterocycles. The number of rotatable bonds is 4. The molecule has 0 radical (unpaired) electrons. The predicted molar refractivity (Wildman–Crippen MR) is 92.2 cm³/mol. The molecule has 2 N–H and O–H groups in total. The second-order valence-corrected chi connectivity index (χ2v) is 6.74. The third-order valence-corrected chi connectivity index (χ3v) is 5.59. The van der Waals surface area contributed by atoms with Crippen LogP contribution in [-0.4, -0.2) is 11.1 Å². The van der Waals surface area contributed by atoms with Crippen LogP contribution in [-0.2, 0) is 13.5 Å². The third kappa shape index (κ3) is 2.41. The van der Waals surface area contributed by atoms with Crippen molar-refractivity contribution in [2.45, 2.75) is 26.2 Å². The van der Waals surface area contributed by atoms with Gasteiger partial charge in [0.25, 0.3) is 0 Å². The Kier molecular flexibility index (Phi) is 3.87. The molecule has 110 valence electrons. The van der Waals surface area contributed by atoms with Gasteiger partial charge in [-0.25, -0.2) is 0 Å². The van der Waals surface area contributed by atoms with Crippen molar-refractivity contribution in [1.82, 2.24) is 4.57 Å². The highest BCUT2D eigenvalue weighted by Crippen LogP contribution is 2.34. The monoisotopic (exact) mass is 298 g/mol. The number of aromatic nitrogens is 1. The summed E-state index contributed by atoms with van der Waals surface area (Å²) in [5.74, 6) is 0.383. The molecule has 0 saturated heterocycles. The first-order chi connectivity index (χ1) is 10.1. The van der Waals surface area contributed by atoms with Gasteiger partial charge < -0.3 is 10.3 Å². The van der Waals surface area contributed by atoms with Crippen molar-refractivity contribution in [2.24, 2.45) is 12.8 Å². The van der Waals surface area contributed by atoms with Crippen LogP contribution in [0.3, 0.4) is 0 Å². The van der Waals surface area contributed by atoms with Crippen LogP contribution in [0.15, 0.2) is 35.7 Å².